The first-order valence-electron chi connectivity index (χ1n) is 7.46. The molecule has 0 aliphatic carbocycles. The molecule has 1 rings (SSSR count). The first kappa shape index (κ1) is 16.4. The number of ether oxygens (including phenoxy) is 1. The number of amides is 1. The van der Waals surface area contributed by atoms with Crippen molar-refractivity contribution in [3.8, 4) is 0 Å². The Morgan fingerprint density at radius 3 is 2.68 bits per heavy atom. The number of carbonyl (C=O) groups is 1. The minimum Gasteiger partial charge on any atom is -0.375 e. The van der Waals surface area contributed by atoms with Crippen LogP contribution in [0.25, 0.3) is 0 Å². The van der Waals surface area contributed by atoms with Crippen molar-refractivity contribution in [2.75, 3.05) is 13.2 Å². The molecule has 1 aliphatic heterocycles. The van der Waals surface area contributed by atoms with Gasteiger partial charge >= 0.3 is 0 Å². The van der Waals surface area contributed by atoms with Gasteiger partial charge in [-0.25, -0.2) is 0 Å². The summed E-state index contributed by atoms with van der Waals surface area (Å²) in [5, 5.41) is 3.14. The molecule has 3 N–H and O–H groups in total. The van der Waals surface area contributed by atoms with Crippen LogP contribution in [0.1, 0.15) is 53.4 Å². The Labute approximate surface area is 117 Å². The largest absolute Gasteiger partial charge is 0.375 e. The van der Waals surface area contributed by atoms with E-state index in [1.54, 1.807) is 0 Å². The number of rotatable bonds is 6. The van der Waals surface area contributed by atoms with Gasteiger partial charge in [0, 0.05) is 19.1 Å². The fraction of sp³-hybridized carbons (Fsp3) is 0.933. The van der Waals surface area contributed by atoms with Gasteiger partial charge in [0.2, 0.25) is 5.91 Å². The molecule has 1 fully saturated rings. The second-order valence-corrected chi connectivity index (χ2v) is 6.80. The van der Waals surface area contributed by atoms with E-state index < -0.39 is 0 Å². The van der Waals surface area contributed by atoms with E-state index in [0.717, 1.165) is 25.9 Å². The summed E-state index contributed by atoms with van der Waals surface area (Å²) in [6.07, 6.45) is 3.36. The highest BCUT2D eigenvalue weighted by Gasteiger charge is 2.29. The summed E-state index contributed by atoms with van der Waals surface area (Å²) >= 11 is 0. The Kier molecular flexibility index (Phi) is 6.27. The van der Waals surface area contributed by atoms with Crippen molar-refractivity contribution < 1.29 is 9.53 Å². The third-order valence-electron chi connectivity index (χ3n) is 3.67. The molecule has 0 aromatic heterocycles. The van der Waals surface area contributed by atoms with Gasteiger partial charge in [0.1, 0.15) is 0 Å². The molecule has 2 unspecified atom stereocenters. The maximum atomic E-state index is 12.1. The van der Waals surface area contributed by atoms with Crippen molar-refractivity contribution in [3.05, 3.63) is 0 Å². The number of nitrogens with two attached hydrogens (primary N) is 1. The SMILES string of the molecule is CC(C)CC(CN)CC(=O)NC1CCOC(C)(C)C1. The molecule has 4 heteroatoms. The summed E-state index contributed by atoms with van der Waals surface area (Å²) in [4.78, 5) is 12.1. The molecule has 2 atom stereocenters. The average Bonchev–Trinajstić information content (AvgIpc) is 2.25. The highest BCUT2D eigenvalue weighted by molar-refractivity contribution is 5.76. The van der Waals surface area contributed by atoms with Crippen LogP contribution < -0.4 is 11.1 Å². The quantitative estimate of drug-likeness (QED) is 0.776. The zero-order chi connectivity index (χ0) is 14.5. The van der Waals surface area contributed by atoms with E-state index in [4.69, 9.17) is 10.5 Å². The fourth-order valence-electron chi connectivity index (χ4n) is 2.83. The first-order valence-corrected chi connectivity index (χ1v) is 7.46. The van der Waals surface area contributed by atoms with E-state index in [1.165, 1.54) is 0 Å². The summed E-state index contributed by atoms with van der Waals surface area (Å²) in [7, 11) is 0. The van der Waals surface area contributed by atoms with Crippen LogP contribution in [-0.4, -0.2) is 30.7 Å². The Morgan fingerprint density at radius 1 is 1.47 bits per heavy atom. The minimum absolute atomic E-state index is 0.124. The van der Waals surface area contributed by atoms with E-state index in [2.05, 4.69) is 33.0 Å². The second kappa shape index (κ2) is 7.25. The highest BCUT2D eigenvalue weighted by Crippen LogP contribution is 2.24. The van der Waals surface area contributed by atoms with Gasteiger partial charge in [-0.2, -0.15) is 0 Å². The van der Waals surface area contributed by atoms with E-state index in [0.29, 0.717) is 24.8 Å². The van der Waals surface area contributed by atoms with Crippen LogP contribution in [0.15, 0.2) is 0 Å². The van der Waals surface area contributed by atoms with Gasteiger partial charge in [0.25, 0.3) is 0 Å². The van der Waals surface area contributed by atoms with Crippen LogP contribution in [0.2, 0.25) is 0 Å². The maximum Gasteiger partial charge on any atom is 0.220 e. The second-order valence-electron chi connectivity index (χ2n) is 6.80. The molecule has 4 nitrogen and oxygen atoms in total. The van der Waals surface area contributed by atoms with Crippen molar-refractivity contribution in [2.45, 2.75) is 65.0 Å². The predicted octanol–water partition coefficient (Wildman–Crippen LogP) is 2.07. The van der Waals surface area contributed by atoms with Gasteiger partial charge in [-0.3, -0.25) is 4.79 Å². The number of hydrogen-bond acceptors (Lipinski definition) is 3. The van der Waals surface area contributed by atoms with Crippen molar-refractivity contribution in [1.82, 2.24) is 5.32 Å². The van der Waals surface area contributed by atoms with Gasteiger partial charge in [0.15, 0.2) is 0 Å². The summed E-state index contributed by atoms with van der Waals surface area (Å²) in [5.74, 6) is 1.02. The zero-order valence-corrected chi connectivity index (χ0v) is 12.9. The summed E-state index contributed by atoms with van der Waals surface area (Å²) in [6, 6.07) is 0.244. The first-order chi connectivity index (χ1) is 8.82. The van der Waals surface area contributed by atoms with E-state index in [9.17, 15) is 4.79 Å². The molecule has 19 heavy (non-hydrogen) atoms. The molecule has 1 aliphatic rings. The van der Waals surface area contributed by atoms with Crippen LogP contribution in [-0.2, 0) is 9.53 Å². The van der Waals surface area contributed by atoms with Gasteiger partial charge in [-0.1, -0.05) is 13.8 Å². The fourth-order valence-corrected chi connectivity index (χ4v) is 2.83. The average molecular weight is 270 g/mol. The highest BCUT2D eigenvalue weighted by atomic mass is 16.5. The lowest BCUT2D eigenvalue weighted by atomic mass is 9.92. The minimum atomic E-state index is -0.124. The van der Waals surface area contributed by atoms with E-state index in [-0.39, 0.29) is 17.6 Å². The van der Waals surface area contributed by atoms with Gasteiger partial charge in [0.05, 0.1) is 5.60 Å². The molecule has 0 saturated carbocycles. The Morgan fingerprint density at radius 2 is 2.16 bits per heavy atom. The smallest absolute Gasteiger partial charge is 0.220 e. The van der Waals surface area contributed by atoms with Crippen LogP contribution in [0.5, 0.6) is 0 Å². The molecule has 1 amide bonds. The zero-order valence-electron chi connectivity index (χ0n) is 12.9. The molecule has 0 radical (unpaired) electrons. The lowest BCUT2D eigenvalue weighted by molar-refractivity contribution is -0.125. The van der Waals surface area contributed by atoms with E-state index in [1.807, 2.05) is 0 Å². The number of hydrogen-bond donors (Lipinski definition) is 2. The molecular formula is C15H30N2O2. The number of carbonyl (C=O) groups excluding carboxylic acids is 1. The molecule has 112 valence electrons. The molecule has 0 spiro atoms. The van der Waals surface area contributed by atoms with Crippen LogP contribution >= 0.6 is 0 Å². The molecule has 0 bridgehead atoms. The topological polar surface area (TPSA) is 64.4 Å². The predicted molar refractivity (Wildman–Crippen MR) is 77.8 cm³/mol. The maximum absolute atomic E-state index is 12.1. The summed E-state index contributed by atoms with van der Waals surface area (Å²) in [6.45, 7) is 9.80. The van der Waals surface area contributed by atoms with Crippen LogP contribution in [0.3, 0.4) is 0 Å². The van der Waals surface area contributed by atoms with Crippen molar-refractivity contribution in [1.29, 1.82) is 0 Å². The van der Waals surface area contributed by atoms with Crippen LogP contribution in [0, 0.1) is 11.8 Å². The lowest BCUT2D eigenvalue weighted by Crippen LogP contribution is -2.46. The van der Waals surface area contributed by atoms with E-state index >= 15 is 0 Å². The molecule has 1 heterocycles. The Hall–Kier alpha value is -0.610. The standard InChI is InChI=1S/C15H30N2O2/c1-11(2)7-12(10-16)8-14(18)17-13-5-6-19-15(3,4)9-13/h11-13H,5-10,16H2,1-4H3,(H,17,18). The summed E-state index contributed by atoms with van der Waals surface area (Å²) < 4.78 is 5.66. The molecule has 0 aromatic rings. The lowest BCUT2D eigenvalue weighted by Gasteiger charge is -2.36. The molecule has 0 aromatic carbocycles. The van der Waals surface area contributed by atoms with Gasteiger partial charge in [-0.05, 0) is 51.5 Å². The normalized spacial score (nSPS) is 24.2. The Balaban J connectivity index is 2.37. The molecular weight excluding hydrogens is 240 g/mol. The monoisotopic (exact) mass is 270 g/mol. The summed E-state index contributed by atoms with van der Waals surface area (Å²) in [5.41, 5.74) is 5.62. The van der Waals surface area contributed by atoms with Gasteiger partial charge < -0.3 is 15.8 Å². The van der Waals surface area contributed by atoms with Crippen LogP contribution in [0.4, 0.5) is 0 Å². The third-order valence-corrected chi connectivity index (χ3v) is 3.67. The van der Waals surface area contributed by atoms with Crippen molar-refractivity contribution >= 4 is 5.91 Å². The number of nitrogens with one attached hydrogen (secondary N) is 1. The van der Waals surface area contributed by atoms with Gasteiger partial charge in [-0.15, -0.1) is 0 Å². The molecule has 1 saturated heterocycles. The Bertz CT molecular complexity index is 290. The third kappa shape index (κ3) is 6.39. The van der Waals surface area contributed by atoms with Crippen molar-refractivity contribution in [3.63, 3.8) is 0 Å². The van der Waals surface area contributed by atoms with Crippen molar-refractivity contribution in [2.24, 2.45) is 17.6 Å².